The first-order valence-electron chi connectivity index (χ1n) is 4.45. The summed E-state index contributed by atoms with van der Waals surface area (Å²) < 4.78 is 1.34. The van der Waals surface area contributed by atoms with Gasteiger partial charge in [-0.05, 0) is 41.6 Å². The summed E-state index contributed by atoms with van der Waals surface area (Å²) in [4.78, 5) is 0. The van der Waals surface area contributed by atoms with Crippen LogP contribution in [0.3, 0.4) is 0 Å². The van der Waals surface area contributed by atoms with E-state index in [1.807, 2.05) is 0 Å². The largest absolute Gasteiger partial charge is 0.409 e. The van der Waals surface area contributed by atoms with Crippen LogP contribution in [0, 0.1) is 6.92 Å². The summed E-state index contributed by atoms with van der Waals surface area (Å²) in [6.07, 6.45) is 0. The summed E-state index contributed by atoms with van der Waals surface area (Å²) in [7, 11) is 0. The van der Waals surface area contributed by atoms with E-state index in [9.17, 15) is 0 Å². The van der Waals surface area contributed by atoms with Crippen molar-refractivity contribution >= 4 is 17.4 Å². The van der Waals surface area contributed by atoms with E-state index in [1.165, 1.54) is 4.68 Å². The molecule has 0 radical (unpaired) electrons. The summed E-state index contributed by atoms with van der Waals surface area (Å²) in [5.74, 6) is 0.780. The van der Waals surface area contributed by atoms with Crippen LogP contribution in [0.25, 0.3) is 0 Å². The van der Waals surface area contributed by atoms with Gasteiger partial charge in [0, 0.05) is 10.6 Å². The number of aromatic nitrogens is 4. The average Bonchev–Trinajstić information content (AvgIpc) is 2.69. The van der Waals surface area contributed by atoms with Gasteiger partial charge in [0.1, 0.15) is 0 Å². The zero-order chi connectivity index (χ0) is 11.5. The molecule has 0 atom stereocenters. The molecule has 0 aliphatic rings. The SMILES string of the molecule is Cc1nnnn1/C(=N\O)c1ccc(Cl)cc1. The van der Waals surface area contributed by atoms with Gasteiger partial charge in [0.2, 0.25) is 5.84 Å². The van der Waals surface area contributed by atoms with Crippen LogP contribution in [-0.2, 0) is 0 Å². The smallest absolute Gasteiger partial charge is 0.203 e. The molecule has 82 valence electrons. The van der Waals surface area contributed by atoms with Crippen LogP contribution in [0.4, 0.5) is 0 Å². The molecule has 0 amide bonds. The molecule has 0 aliphatic carbocycles. The molecule has 0 bridgehead atoms. The second-order valence-electron chi connectivity index (χ2n) is 3.07. The van der Waals surface area contributed by atoms with E-state index in [-0.39, 0.29) is 5.84 Å². The Kier molecular flexibility index (Phi) is 2.82. The van der Waals surface area contributed by atoms with Crippen molar-refractivity contribution in [2.24, 2.45) is 5.16 Å². The van der Waals surface area contributed by atoms with E-state index < -0.39 is 0 Å². The molecule has 0 saturated carbocycles. The van der Waals surface area contributed by atoms with Gasteiger partial charge in [-0.1, -0.05) is 16.8 Å². The molecule has 2 aromatic rings. The van der Waals surface area contributed by atoms with Crippen LogP contribution < -0.4 is 0 Å². The van der Waals surface area contributed by atoms with Gasteiger partial charge in [-0.15, -0.1) is 5.10 Å². The third kappa shape index (κ3) is 1.87. The Morgan fingerprint density at radius 1 is 1.38 bits per heavy atom. The normalized spacial score (nSPS) is 11.8. The number of halogens is 1. The second kappa shape index (κ2) is 4.28. The molecule has 0 spiro atoms. The lowest BCUT2D eigenvalue weighted by Gasteiger charge is -2.04. The molecule has 1 aromatic heterocycles. The molecular formula is C9H8ClN5O. The number of aryl methyl sites for hydroxylation is 1. The molecule has 0 aliphatic heterocycles. The van der Waals surface area contributed by atoms with Crippen molar-refractivity contribution in [2.75, 3.05) is 0 Å². The molecule has 1 heterocycles. The van der Waals surface area contributed by atoms with Gasteiger partial charge in [-0.2, -0.15) is 4.68 Å². The first kappa shape index (κ1) is 10.6. The standard InChI is InChI=1S/C9H8ClN5O/c1-6-11-13-14-15(6)9(12-16)7-2-4-8(10)5-3-7/h2-5,16H,1H3/b12-9-. The number of nitrogens with zero attached hydrogens (tertiary/aromatic N) is 5. The third-order valence-electron chi connectivity index (χ3n) is 2.02. The predicted octanol–water partition coefficient (Wildman–Crippen LogP) is 1.32. The van der Waals surface area contributed by atoms with E-state index in [0.717, 1.165) is 0 Å². The number of oxime groups is 1. The van der Waals surface area contributed by atoms with Gasteiger partial charge in [0.15, 0.2) is 5.82 Å². The Bertz CT molecular complexity index is 519. The molecule has 7 heteroatoms. The van der Waals surface area contributed by atoms with Crippen LogP contribution >= 0.6 is 11.6 Å². The van der Waals surface area contributed by atoms with Crippen LogP contribution in [0.1, 0.15) is 11.4 Å². The fourth-order valence-corrected chi connectivity index (χ4v) is 1.37. The topological polar surface area (TPSA) is 76.2 Å². The van der Waals surface area contributed by atoms with Crippen molar-refractivity contribution in [3.05, 3.63) is 40.7 Å². The maximum absolute atomic E-state index is 8.98. The number of hydrogen-bond donors (Lipinski definition) is 1. The number of rotatable bonds is 1. The van der Waals surface area contributed by atoms with E-state index >= 15 is 0 Å². The monoisotopic (exact) mass is 237 g/mol. The first-order chi connectivity index (χ1) is 7.72. The average molecular weight is 238 g/mol. The minimum Gasteiger partial charge on any atom is -0.409 e. The molecule has 2 rings (SSSR count). The lowest BCUT2D eigenvalue weighted by molar-refractivity contribution is 0.316. The Balaban J connectivity index is 2.46. The zero-order valence-corrected chi connectivity index (χ0v) is 9.13. The van der Waals surface area contributed by atoms with Crippen molar-refractivity contribution in [1.29, 1.82) is 0 Å². The van der Waals surface area contributed by atoms with E-state index in [2.05, 4.69) is 20.7 Å². The molecule has 1 aromatic carbocycles. The van der Waals surface area contributed by atoms with Gasteiger partial charge < -0.3 is 5.21 Å². The molecule has 1 N–H and O–H groups in total. The van der Waals surface area contributed by atoms with Gasteiger partial charge in [0.25, 0.3) is 0 Å². The second-order valence-corrected chi connectivity index (χ2v) is 3.50. The van der Waals surface area contributed by atoms with Gasteiger partial charge >= 0.3 is 0 Å². The zero-order valence-electron chi connectivity index (χ0n) is 8.37. The van der Waals surface area contributed by atoms with Crippen LogP contribution in [0.15, 0.2) is 29.4 Å². The number of tetrazole rings is 1. The summed E-state index contributed by atoms with van der Waals surface area (Å²) in [6, 6.07) is 6.83. The Hall–Kier alpha value is -1.95. The van der Waals surface area contributed by atoms with E-state index in [4.69, 9.17) is 16.8 Å². The van der Waals surface area contributed by atoms with Crippen molar-refractivity contribution in [3.8, 4) is 0 Å². The Labute approximate surface area is 96.1 Å². The summed E-state index contributed by atoms with van der Waals surface area (Å²) in [5.41, 5.74) is 0.669. The van der Waals surface area contributed by atoms with Crippen LogP contribution in [0.5, 0.6) is 0 Å². The summed E-state index contributed by atoms with van der Waals surface area (Å²) >= 11 is 5.77. The van der Waals surface area contributed by atoms with Crippen molar-refractivity contribution in [1.82, 2.24) is 20.2 Å². The highest BCUT2D eigenvalue weighted by atomic mass is 35.5. The van der Waals surface area contributed by atoms with Gasteiger partial charge in [-0.25, -0.2) is 0 Å². The number of benzene rings is 1. The minimum absolute atomic E-state index is 0.249. The molecule has 16 heavy (non-hydrogen) atoms. The van der Waals surface area contributed by atoms with Crippen LogP contribution in [0.2, 0.25) is 5.02 Å². The fourth-order valence-electron chi connectivity index (χ4n) is 1.25. The molecule has 0 saturated heterocycles. The third-order valence-corrected chi connectivity index (χ3v) is 2.28. The summed E-state index contributed by atoms with van der Waals surface area (Å²) in [5, 5.41) is 23.7. The van der Waals surface area contributed by atoms with Gasteiger partial charge in [-0.3, -0.25) is 0 Å². The first-order valence-corrected chi connectivity index (χ1v) is 4.83. The Morgan fingerprint density at radius 2 is 2.06 bits per heavy atom. The molecular weight excluding hydrogens is 230 g/mol. The maximum Gasteiger partial charge on any atom is 0.203 e. The predicted molar refractivity (Wildman–Crippen MR) is 57.7 cm³/mol. The highest BCUT2D eigenvalue weighted by Gasteiger charge is 2.11. The maximum atomic E-state index is 8.98. The van der Waals surface area contributed by atoms with Crippen molar-refractivity contribution < 1.29 is 5.21 Å². The molecule has 0 fully saturated rings. The fraction of sp³-hybridized carbons (Fsp3) is 0.111. The van der Waals surface area contributed by atoms with Crippen molar-refractivity contribution in [3.63, 3.8) is 0 Å². The lowest BCUT2D eigenvalue weighted by atomic mass is 10.2. The van der Waals surface area contributed by atoms with Crippen LogP contribution in [-0.4, -0.2) is 31.3 Å². The Morgan fingerprint density at radius 3 is 2.56 bits per heavy atom. The lowest BCUT2D eigenvalue weighted by Crippen LogP contribution is -2.16. The highest BCUT2D eigenvalue weighted by Crippen LogP contribution is 2.11. The number of hydrogen-bond acceptors (Lipinski definition) is 5. The minimum atomic E-state index is 0.249. The van der Waals surface area contributed by atoms with Gasteiger partial charge in [0.05, 0.1) is 0 Å². The molecule has 0 unspecified atom stereocenters. The van der Waals surface area contributed by atoms with E-state index in [0.29, 0.717) is 16.4 Å². The quantitative estimate of drug-likeness (QED) is 0.351. The summed E-state index contributed by atoms with van der Waals surface area (Å²) in [6.45, 7) is 1.71. The molecule has 6 nitrogen and oxygen atoms in total. The highest BCUT2D eigenvalue weighted by molar-refractivity contribution is 6.30. The van der Waals surface area contributed by atoms with Crippen molar-refractivity contribution in [2.45, 2.75) is 6.92 Å². The van der Waals surface area contributed by atoms with E-state index in [1.54, 1.807) is 31.2 Å².